The summed E-state index contributed by atoms with van der Waals surface area (Å²) in [5.74, 6) is -0.512. The zero-order valence-corrected chi connectivity index (χ0v) is 52.9. The molecular formula is C77H84O16. The highest BCUT2D eigenvalue weighted by Crippen LogP contribution is 2.40. The maximum atomic E-state index is 12.9. The number of hydrogen-bond donors (Lipinski definition) is 0. The fraction of sp³-hybridized carbons (Fsp3) is 0.364. The molecule has 3 fully saturated rings. The van der Waals surface area contributed by atoms with Gasteiger partial charge in [-0.1, -0.05) is 243 Å². The van der Waals surface area contributed by atoms with Crippen molar-refractivity contribution in [3.63, 3.8) is 0 Å². The van der Waals surface area contributed by atoms with Crippen LogP contribution < -0.4 is 0 Å². The van der Waals surface area contributed by atoms with E-state index >= 15 is 0 Å². The van der Waals surface area contributed by atoms with Crippen molar-refractivity contribution >= 4 is 5.97 Å². The van der Waals surface area contributed by atoms with Gasteiger partial charge in [-0.15, -0.1) is 0 Å². The summed E-state index contributed by atoms with van der Waals surface area (Å²) in [5, 5.41) is 0. The van der Waals surface area contributed by atoms with E-state index in [1.807, 2.05) is 250 Å². The summed E-state index contributed by atoms with van der Waals surface area (Å²) >= 11 is 0. The first-order chi connectivity index (χ1) is 45.8. The molecule has 11 rings (SSSR count). The van der Waals surface area contributed by atoms with Gasteiger partial charge in [0.15, 0.2) is 18.9 Å². The molecule has 93 heavy (non-hydrogen) atoms. The minimum Gasteiger partial charge on any atom is -0.463 e. The van der Waals surface area contributed by atoms with Gasteiger partial charge < -0.3 is 71.1 Å². The molecule has 0 aliphatic carbocycles. The smallest absolute Gasteiger partial charge is 0.302 e. The Bertz CT molecular complexity index is 3360. The average Bonchev–Trinajstić information content (AvgIpc) is 0.906. The lowest BCUT2D eigenvalue weighted by molar-refractivity contribution is -0.399. The van der Waals surface area contributed by atoms with Crippen LogP contribution >= 0.6 is 0 Å². The first-order valence-corrected chi connectivity index (χ1v) is 32.0. The van der Waals surface area contributed by atoms with Crippen molar-refractivity contribution in [1.82, 2.24) is 0 Å². The summed E-state index contributed by atoms with van der Waals surface area (Å²) < 4.78 is 105. The third kappa shape index (κ3) is 19.4. The Labute approximate surface area is 545 Å². The van der Waals surface area contributed by atoms with Crippen LogP contribution in [-0.4, -0.2) is 118 Å². The van der Waals surface area contributed by atoms with Gasteiger partial charge in [0.05, 0.1) is 65.6 Å². The second-order valence-corrected chi connectivity index (χ2v) is 23.4. The van der Waals surface area contributed by atoms with Crippen LogP contribution in [-0.2, 0) is 129 Å². The fourth-order valence-corrected chi connectivity index (χ4v) is 11.8. The van der Waals surface area contributed by atoms with E-state index in [0.29, 0.717) is 6.61 Å². The number of carbonyl (C=O) groups excluding carboxylic acids is 1. The quantitative estimate of drug-likeness (QED) is 0.0367. The Kier molecular flexibility index (Phi) is 25.4. The number of rotatable bonds is 32. The lowest BCUT2D eigenvalue weighted by Crippen LogP contribution is -2.68. The SMILES string of the molecule is COC1OC(C)C(OCc2ccccc2)C(OC2OC(COCc3ccccc3)C(OCc3ccccc3)C(OCc3ccccc3)C2OCc2ccccc2)C1OC1OC(COC(C)=O)C(OCc2ccccc2)C(OCc2ccccc2)C1OCc1ccccc1. The third-order valence-electron chi connectivity index (χ3n) is 16.6. The van der Waals surface area contributed by atoms with Gasteiger partial charge in [-0.05, 0) is 51.4 Å². The van der Waals surface area contributed by atoms with Crippen LogP contribution in [0.1, 0.15) is 58.4 Å². The topological polar surface area (TPSA) is 156 Å². The van der Waals surface area contributed by atoms with Crippen molar-refractivity contribution in [2.45, 2.75) is 159 Å². The third-order valence-corrected chi connectivity index (χ3v) is 16.6. The summed E-state index contributed by atoms with van der Waals surface area (Å²) in [7, 11) is 1.55. The van der Waals surface area contributed by atoms with Crippen LogP contribution in [0.15, 0.2) is 243 Å². The molecule has 8 aromatic rings. The molecule has 15 atom stereocenters. The van der Waals surface area contributed by atoms with Gasteiger partial charge in [-0.2, -0.15) is 0 Å². The van der Waals surface area contributed by atoms with Gasteiger partial charge in [0.1, 0.15) is 73.8 Å². The second kappa shape index (κ2) is 35.3. The van der Waals surface area contributed by atoms with Crippen LogP contribution in [0.5, 0.6) is 0 Å². The maximum absolute atomic E-state index is 12.9. The molecule has 16 nitrogen and oxygen atoms in total. The van der Waals surface area contributed by atoms with Crippen LogP contribution in [0.2, 0.25) is 0 Å². The van der Waals surface area contributed by atoms with Crippen LogP contribution in [0, 0.1) is 0 Å². The highest BCUT2D eigenvalue weighted by atomic mass is 16.8. The summed E-state index contributed by atoms with van der Waals surface area (Å²) in [6.07, 6.45) is -14.8. The van der Waals surface area contributed by atoms with Crippen molar-refractivity contribution in [3.8, 4) is 0 Å². The highest BCUT2D eigenvalue weighted by Gasteiger charge is 2.57. The summed E-state index contributed by atoms with van der Waals surface area (Å²) in [4.78, 5) is 12.9. The van der Waals surface area contributed by atoms with Crippen LogP contribution in [0.3, 0.4) is 0 Å². The molecule has 488 valence electrons. The van der Waals surface area contributed by atoms with Crippen molar-refractivity contribution in [2.24, 2.45) is 0 Å². The Morgan fingerprint density at radius 2 is 0.591 bits per heavy atom. The molecule has 15 unspecified atom stereocenters. The Hall–Kier alpha value is -7.33. The minimum absolute atomic E-state index is 0.0709. The number of ether oxygens (including phenoxy) is 15. The lowest BCUT2D eigenvalue weighted by Gasteiger charge is -2.51. The van der Waals surface area contributed by atoms with Gasteiger partial charge in [0.2, 0.25) is 0 Å². The number of carbonyl (C=O) groups is 1. The second-order valence-electron chi connectivity index (χ2n) is 23.4. The van der Waals surface area contributed by atoms with E-state index in [0.717, 1.165) is 44.5 Å². The Morgan fingerprint density at radius 3 is 0.914 bits per heavy atom. The monoisotopic (exact) mass is 1260 g/mol. The average molecular weight is 1270 g/mol. The molecule has 0 aromatic heterocycles. The maximum Gasteiger partial charge on any atom is 0.302 e. The predicted octanol–water partition coefficient (Wildman–Crippen LogP) is 12.5. The largest absolute Gasteiger partial charge is 0.463 e. The molecule has 3 heterocycles. The first-order valence-electron chi connectivity index (χ1n) is 32.0. The molecule has 0 radical (unpaired) electrons. The minimum atomic E-state index is -1.32. The fourth-order valence-electron chi connectivity index (χ4n) is 11.8. The molecule has 0 spiro atoms. The number of benzene rings is 8. The van der Waals surface area contributed by atoms with Gasteiger partial charge in [0, 0.05) is 14.0 Å². The number of hydrogen-bond acceptors (Lipinski definition) is 16. The van der Waals surface area contributed by atoms with Crippen molar-refractivity contribution < 1.29 is 75.8 Å². The van der Waals surface area contributed by atoms with E-state index in [4.69, 9.17) is 71.1 Å². The molecule has 16 heteroatoms. The predicted molar refractivity (Wildman–Crippen MR) is 346 cm³/mol. The van der Waals surface area contributed by atoms with Gasteiger partial charge in [-0.3, -0.25) is 4.79 Å². The Morgan fingerprint density at radius 1 is 0.312 bits per heavy atom. The lowest BCUT2D eigenvalue weighted by atomic mass is 9.95. The number of methoxy groups -OCH3 is 1. The van der Waals surface area contributed by atoms with Crippen molar-refractivity contribution in [2.75, 3.05) is 20.3 Å². The molecule has 3 aliphatic rings. The van der Waals surface area contributed by atoms with E-state index in [1.165, 1.54) is 6.92 Å². The van der Waals surface area contributed by atoms with E-state index in [-0.39, 0.29) is 59.5 Å². The molecule has 0 N–H and O–H groups in total. The van der Waals surface area contributed by atoms with E-state index in [1.54, 1.807) is 7.11 Å². The zero-order valence-electron chi connectivity index (χ0n) is 52.9. The summed E-state index contributed by atoms with van der Waals surface area (Å²) in [6, 6.07) is 79.2. The molecule has 0 amide bonds. The van der Waals surface area contributed by atoms with E-state index in [9.17, 15) is 4.79 Å². The zero-order chi connectivity index (χ0) is 63.8. The molecule has 0 saturated carbocycles. The van der Waals surface area contributed by atoms with Crippen molar-refractivity contribution in [1.29, 1.82) is 0 Å². The Balaban J connectivity index is 1.01. The molecule has 8 aromatic carbocycles. The van der Waals surface area contributed by atoms with E-state index in [2.05, 4.69) is 0 Å². The van der Waals surface area contributed by atoms with Gasteiger partial charge in [-0.25, -0.2) is 0 Å². The summed E-state index contributed by atoms with van der Waals surface area (Å²) in [6.45, 7) is 4.60. The molecule has 3 aliphatic heterocycles. The first kappa shape index (κ1) is 67.1. The molecule has 0 bridgehead atoms. The van der Waals surface area contributed by atoms with Crippen LogP contribution in [0.4, 0.5) is 0 Å². The molecule has 3 saturated heterocycles. The highest BCUT2D eigenvalue weighted by molar-refractivity contribution is 5.65. The van der Waals surface area contributed by atoms with Crippen LogP contribution in [0.25, 0.3) is 0 Å². The van der Waals surface area contributed by atoms with Gasteiger partial charge >= 0.3 is 5.97 Å². The summed E-state index contributed by atoms with van der Waals surface area (Å²) in [5.41, 5.74) is 7.39. The number of esters is 1. The van der Waals surface area contributed by atoms with Gasteiger partial charge in [0.25, 0.3) is 0 Å². The normalized spacial score (nSPS) is 26.3. The molecular weight excluding hydrogens is 1180 g/mol. The van der Waals surface area contributed by atoms with E-state index < -0.39 is 98.1 Å². The van der Waals surface area contributed by atoms with Crippen molar-refractivity contribution in [3.05, 3.63) is 287 Å². The standard InChI is InChI=1S/C77H84O16/c1-54-66(82-45-57-30-14-5-15-31-57)71(92-76-72(87-50-62-40-24-10-25-41-62)69(85-48-60-36-20-8-21-37-60)67(83-46-58-32-16-6-17-33-58)64(90-76)52-80-44-56-28-12-4-13-29-56)74(75(79-3)89-54)93-77-73(88-51-63-42-26-11-27-43-63)70(86-49-61-38-22-9-23-39-61)68(65(91-77)53-81-55(2)78)84-47-59-34-18-7-19-35-59/h4-43,54,64-77H,44-53H2,1-3H3.